The van der Waals surface area contributed by atoms with Gasteiger partial charge in [-0.1, -0.05) is 12.1 Å². The minimum absolute atomic E-state index is 0.244. The number of rotatable bonds is 3. The lowest BCUT2D eigenvalue weighted by atomic mass is 9.76. The van der Waals surface area contributed by atoms with Crippen LogP contribution < -0.4 is 10.4 Å². The first-order valence-electron chi connectivity index (χ1n) is 12.1. The summed E-state index contributed by atoms with van der Waals surface area (Å²) >= 11 is 0. The van der Waals surface area contributed by atoms with E-state index in [2.05, 4.69) is 69.5 Å². The summed E-state index contributed by atoms with van der Waals surface area (Å²) in [6.07, 6.45) is 2.23. The smallest absolute Gasteiger partial charge is 0.399 e. The molecule has 2 bridgehead atoms. The van der Waals surface area contributed by atoms with Crippen LogP contribution in [0.3, 0.4) is 0 Å². The molecule has 3 saturated heterocycles. The van der Waals surface area contributed by atoms with Crippen LogP contribution >= 0.6 is 0 Å². The second-order valence-corrected chi connectivity index (χ2v) is 12.4. The summed E-state index contributed by atoms with van der Waals surface area (Å²) in [4.78, 5) is 18.4. The number of anilines is 1. The predicted molar refractivity (Wildman–Crippen MR) is 120 cm³/mol. The molecule has 6 heteroatoms. The van der Waals surface area contributed by atoms with E-state index >= 15 is 0 Å². The molecule has 0 radical (unpaired) electrons. The molecule has 31 heavy (non-hydrogen) atoms. The topological polar surface area (TPSA) is 42.0 Å². The largest absolute Gasteiger partial charge is 0.494 e. The van der Waals surface area contributed by atoms with E-state index in [4.69, 9.17) is 9.31 Å². The summed E-state index contributed by atoms with van der Waals surface area (Å²) in [7, 11) is -0.399. The Kier molecular flexibility index (Phi) is 3.33. The Bertz CT molecular complexity index is 981. The molecule has 0 spiro atoms. The molecule has 0 aromatic heterocycles. The molecule has 6 fully saturated rings. The number of fused-ring (bicyclic) bond motifs is 2. The highest BCUT2D eigenvalue weighted by Gasteiger charge is 2.81. The second-order valence-electron chi connectivity index (χ2n) is 12.4. The number of piperidine rings is 1. The molecular weight excluding hydrogens is 387 g/mol. The first-order chi connectivity index (χ1) is 14.5. The van der Waals surface area contributed by atoms with Crippen molar-refractivity contribution in [2.24, 2.45) is 17.8 Å². The van der Waals surface area contributed by atoms with Crippen LogP contribution in [0.1, 0.15) is 59.9 Å². The first-order valence-corrected chi connectivity index (χ1v) is 12.1. The van der Waals surface area contributed by atoms with Gasteiger partial charge in [-0.25, -0.2) is 0 Å². The molecule has 0 N–H and O–H groups in total. The minimum atomic E-state index is -0.478. The number of nitrogens with zero attached hydrogens (tertiary/aromatic N) is 2. The van der Waals surface area contributed by atoms with Crippen molar-refractivity contribution in [3.05, 3.63) is 23.8 Å². The lowest BCUT2D eigenvalue weighted by molar-refractivity contribution is -0.123. The number of carbonyl (C=O) groups excluding carboxylic acids is 1. The third kappa shape index (κ3) is 2.27. The fourth-order valence-corrected chi connectivity index (χ4v) is 6.91. The van der Waals surface area contributed by atoms with Gasteiger partial charge in [0, 0.05) is 30.4 Å². The fraction of sp³-hybridized carbons (Fsp3) is 0.720. The van der Waals surface area contributed by atoms with E-state index in [0.29, 0.717) is 12.1 Å². The average molecular weight is 420 g/mol. The normalized spacial score (nSPS) is 42.5. The highest BCUT2D eigenvalue weighted by molar-refractivity contribution is 6.62. The predicted octanol–water partition coefficient (Wildman–Crippen LogP) is 2.70. The zero-order chi connectivity index (χ0) is 21.7. The summed E-state index contributed by atoms with van der Waals surface area (Å²) in [6.45, 7) is 13.8. The maximum absolute atomic E-state index is 13.5. The number of amides is 1. The van der Waals surface area contributed by atoms with Crippen LogP contribution in [0.15, 0.2) is 18.2 Å². The lowest BCUT2D eigenvalue weighted by Crippen LogP contribution is -2.56. The van der Waals surface area contributed by atoms with Gasteiger partial charge in [0.15, 0.2) is 0 Å². The zero-order valence-corrected chi connectivity index (χ0v) is 19.5. The van der Waals surface area contributed by atoms with Crippen LogP contribution in [0.4, 0.5) is 5.69 Å². The standard InChI is InChI=1S/C25H33BN2O3/c1-23(2)17-8-7-13(26-30-24(3,4)25(5,6)31-26)9-18(17)28(22(23)29)15-10-14(11-15)27-12-16-19-20(16)21(19)27/h7-9,14-16,19-21H,10-12H2,1-6H3. The third-order valence-corrected chi connectivity index (χ3v) is 9.90. The third-order valence-electron chi connectivity index (χ3n) is 9.90. The molecule has 2 atom stereocenters. The molecule has 1 aromatic rings. The monoisotopic (exact) mass is 420 g/mol. The Balaban J connectivity index is 1.16. The molecule has 2 unspecified atom stereocenters. The highest BCUT2D eigenvalue weighted by Crippen LogP contribution is 2.76. The van der Waals surface area contributed by atoms with Crippen LogP contribution in [0.5, 0.6) is 0 Å². The summed E-state index contributed by atoms with van der Waals surface area (Å²) in [6, 6.07) is 8.28. The van der Waals surface area contributed by atoms with E-state index in [1.54, 1.807) is 0 Å². The minimum Gasteiger partial charge on any atom is -0.399 e. The molecule has 164 valence electrons. The van der Waals surface area contributed by atoms with Crippen LogP contribution in [0, 0.1) is 17.8 Å². The number of hydrogen-bond acceptors (Lipinski definition) is 4. The van der Waals surface area contributed by atoms with Crippen molar-refractivity contribution in [1.29, 1.82) is 0 Å². The first kappa shape index (κ1) is 19.1. The van der Waals surface area contributed by atoms with Gasteiger partial charge in [-0.3, -0.25) is 9.69 Å². The van der Waals surface area contributed by atoms with Crippen LogP contribution in [-0.4, -0.2) is 53.8 Å². The molecule has 7 aliphatic rings. The SMILES string of the molecule is CC1(C)C(=O)N(C2CC(N3CC4C5C4C53)C2)c2cc(B3OC(C)(C)C(C)(C)O3)ccc21. The molecule has 1 aromatic carbocycles. The van der Waals surface area contributed by atoms with E-state index in [-0.39, 0.29) is 17.1 Å². The van der Waals surface area contributed by atoms with Crippen molar-refractivity contribution in [2.45, 2.75) is 89.1 Å². The van der Waals surface area contributed by atoms with Crippen molar-refractivity contribution in [2.75, 3.05) is 11.4 Å². The van der Waals surface area contributed by atoms with Gasteiger partial charge in [-0.15, -0.1) is 0 Å². The van der Waals surface area contributed by atoms with Crippen LogP contribution in [0.2, 0.25) is 0 Å². The summed E-state index contributed by atoms with van der Waals surface area (Å²) < 4.78 is 12.6. The molecule has 4 aliphatic heterocycles. The van der Waals surface area contributed by atoms with Crippen molar-refractivity contribution in [3.8, 4) is 0 Å². The molecule has 5 nitrogen and oxygen atoms in total. The Hall–Kier alpha value is -1.37. The number of carbonyl (C=O) groups is 1. The van der Waals surface area contributed by atoms with Crippen LogP contribution in [-0.2, 0) is 19.5 Å². The summed E-state index contributed by atoms with van der Waals surface area (Å²) in [5, 5.41) is 0. The summed E-state index contributed by atoms with van der Waals surface area (Å²) in [5.41, 5.74) is 1.99. The zero-order valence-electron chi connectivity index (χ0n) is 19.5. The molecule has 3 aliphatic carbocycles. The maximum Gasteiger partial charge on any atom is 0.494 e. The van der Waals surface area contributed by atoms with Gasteiger partial charge in [0.05, 0.1) is 16.6 Å². The Morgan fingerprint density at radius 3 is 2.19 bits per heavy atom. The van der Waals surface area contributed by atoms with Crippen molar-refractivity contribution < 1.29 is 14.1 Å². The van der Waals surface area contributed by atoms with E-state index in [0.717, 1.165) is 53.4 Å². The summed E-state index contributed by atoms with van der Waals surface area (Å²) in [5.74, 6) is 3.37. The van der Waals surface area contributed by atoms with E-state index in [1.807, 2.05) is 0 Å². The molecule has 3 saturated carbocycles. The Labute approximate surface area is 185 Å². The van der Waals surface area contributed by atoms with Gasteiger partial charge in [-0.05, 0) is 89.2 Å². The van der Waals surface area contributed by atoms with Crippen molar-refractivity contribution >= 4 is 24.2 Å². The second kappa shape index (κ2) is 5.40. The number of hydrogen-bond donors (Lipinski definition) is 0. The van der Waals surface area contributed by atoms with E-state index in [1.165, 1.54) is 6.54 Å². The Morgan fingerprint density at radius 1 is 0.968 bits per heavy atom. The molecule has 1 amide bonds. The Morgan fingerprint density at radius 2 is 1.61 bits per heavy atom. The van der Waals surface area contributed by atoms with Gasteiger partial charge >= 0.3 is 7.12 Å². The molecular formula is C25H33BN2O3. The van der Waals surface area contributed by atoms with E-state index in [9.17, 15) is 4.79 Å². The molecule has 4 heterocycles. The lowest BCUT2D eigenvalue weighted by Gasteiger charge is -2.46. The number of benzene rings is 1. The highest BCUT2D eigenvalue weighted by atomic mass is 16.7. The maximum atomic E-state index is 13.5. The van der Waals surface area contributed by atoms with Gasteiger partial charge in [-0.2, -0.15) is 0 Å². The fourth-order valence-electron chi connectivity index (χ4n) is 6.91. The van der Waals surface area contributed by atoms with Gasteiger partial charge in [0.1, 0.15) is 0 Å². The van der Waals surface area contributed by atoms with Gasteiger partial charge in [0.2, 0.25) is 5.91 Å². The molecule has 8 rings (SSSR count). The average Bonchev–Trinajstić information content (AvgIpc) is 3.40. The van der Waals surface area contributed by atoms with Crippen molar-refractivity contribution in [3.63, 3.8) is 0 Å². The van der Waals surface area contributed by atoms with Crippen molar-refractivity contribution in [1.82, 2.24) is 4.90 Å². The quantitative estimate of drug-likeness (QED) is 0.706. The van der Waals surface area contributed by atoms with Crippen LogP contribution in [0.25, 0.3) is 0 Å². The van der Waals surface area contributed by atoms with Gasteiger partial charge < -0.3 is 14.2 Å². The van der Waals surface area contributed by atoms with E-state index < -0.39 is 12.5 Å². The van der Waals surface area contributed by atoms with Gasteiger partial charge in [0.25, 0.3) is 0 Å².